The molecule has 0 aliphatic carbocycles. The van der Waals surface area contributed by atoms with Gasteiger partial charge in [0.15, 0.2) is 0 Å². The molecule has 1 aromatic heterocycles. The number of carbonyl (C=O) groups is 1. The standard InChI is InChI=1S/C19H20N4O3S/c1-10(2)16-9-27-19(22-16)13-6-15(21-8-11(3)18(24)23-25)14(7-20)12-4-5-26-17(12)13/h6,9-10,21,25H,3-5,8H2,1-2H3,(H,23,24). The van der Waals surface area contributed by atoms with Crippen molar-refractivity contribution >= 4 is 22.9 Å². The molecule has 1 amide bonds. The molecule has 2 aromatic rings. The van der Waals surface area contributed by atoms with Gasteiger partial charge in [-0.05, 0) is 12.0 Å². The molecule has 3 N–H and O–H groups in total. The lowest BCUT2D eigenvalue weighted by molar-refractivity contribution is -0.125. The van der Waals surface area contributed by atoms with E-state index in [1.807, 2.05) is 11.4 Å². The van der Waals surface area contributed by atoms with Crippen molar-refractivity contribution in [3.05, 3.63) is 40.4 Å². The van der Waals surface area contributed by atoms with Crippen LogP contribution in [-0.4, -0.2) is 29.3 Å². The first kappa shape index (κ1) is 18.9. The van der Waals surface area contributed by atoms with Crippen molar-refractivity contribution in [2.75, 3.05) is 18.5 Å². The Bertz CT molecular complexity index is 943. The van der Waals surface area contributed by atoms with Gasteiger partial charge in [0.1, 0.15) is 16.8 Å². The number of fused-ring (bicyclic) bond motifs is 1. The van der Waals surface area contributed by atoms with Gasteiger partial charge in [-0.1, -0.05) is 20.4 Å². The Kier molecular flexibility index (Phi) is 5.44. The molecule has 0 unspecified atom stereocenters. The first-order valence-corrected chi connectivity index (χ1v) is 9.38. The number of aromatic nitrogens is 1. The number of thiazole rings is 1. The highest BCUT2D eigenvalue weighted by Gasteiger charge is 2.26. The normalized spacial score (nSPS) is 12.3. The van der Waals surface area contributed by atoms with Crippen LogP contribution in [0.5, 0.6) is 5.75 Å². The average molecular weight is 384 g/mol. The van der Waals surface area contributed by atoms with Crippen LogP contribution in [0, 0.1) is 11.3 Å². The molecule has 0 bridgehead atoms. The number of rotatable bonds is 6. The van der Waals surface area contributed by atoms with Gasteiger partial charge in [0.05, 0.1) is 29.1 Å². The van der Waals surface area contributed by atoms with Crippen molar-refractivity contribution < 1.29 is 14.7 Å². The lowest BCUT2D eigenvalue weighted by Crippen LogP contribution is -2.24. The van der Waals surface area contributed by atoms with E-state index in [2.05, 4.69) is 31.8 Å². The van der Waals surface area contributed by atoms with E-state index in [-0.39, 0.29) is 12.1 Å². The van der Waals surface area contributed by atoms with E-state index in [1.54, 1.807) is 5.48 Å². The monoisotopic (exact) mass is 384 g/mol. The minimum atomic E-state index is -0.674. The molecule has 0 fully saturated rings. The lowest BCUT2D eigenvalue weighted by atomic mass is 9.99. The van der Waals surface area contributed by atoms with Crippen molar-refractivity contribution in [1.82, 2.24) is 10.5 Å². The molecule has 1 aliphatic rings. The fourth-order valence-corrected chi connectivity index (χ4v) is 3.84. The molecule has 2 heterocycles. The number of hydrogen-bond acceptors (Lipinski definition) is 7. The summed E-state index contributed by atoms with van der Waals surface area (Å²) in [6.45, 7) is 8.40. The van der Waals surface area contributed by atoms with Gasteiger partial charge in [0, 0.05) is 29.5 Å². The van der Waals surface area contributed by atoms with Crippen LogP contribution in [0.2, 0.25) is 0 Å². The largest absolute Gasteiger partial charge is 0.492 e. The summed E-state index contributed by atoms with van der Waals surface area (Å²) in [5, 5.41) is 24.3. The van der Waals surface area contributed by atoms with E-state index in [0.29, 0.717) is 35.9 Å². The van der Waals surface area contributed by atoms with E-state index in [1.165, 1.54) is 11.3 Å². The maximum Gasteiger partial charge on any atom is 0.271 e. The second-order valence-corrected chi connectivity index (χ2v) is 7.35. The van der Waals surface area contributed by atoms with Crippen molar-refractivity contribution in [1.29, 1.82) is 5.26 Å². The maximum absolute atomic E-state index is 11.4. The van der Waals surface area contributed by atoms with Gasteiger partial charge >= 0.3 is 0 Å². The van der Waals surface area contributed by atoms with Crippen LogP contribution in [0.15, 0.2) is 23.6 Å². The van der Waals surface area contributed by atoms with Gasteiger partial charge in [-0.25, -0.2) is 10.5 Å². The van der Waals surface area contributed by atoms with Gasteiger partial charge in [-0.2, -0.15) is 5.26 Å². The molecule has 0 saturated heterocycles. The Morgan fingerprint density at radius 3 is 2.96 bits per heavy atom. The number of benzene rings is 1. The minimum absolute atomic E-state index is 0.0925. The zero-order chi connectivity index (χ0) is 19.6. The molecule has 3 rings (SSSR count). The van der Waals surface area contributed by atoms with E-state index in [9.17, 15) is 10.1 Å². The van der Waals surface area contributed by atoms with E-state index in [4.69, 9.17) is 14.9 Å². The van der Waals surface area contributed by atoms with E-state index >= 15 is 0 Å². The summed E-state index contributed by atoms with van der Waals surface area (Å²) in [6, 6.07) is 4.06. The summed E-state index contributed by atoms with van der Waals surface area (Å²) >= 11 is 1.54. The highest BCUT2D eigenvalue weighted by atomic mass is 32.1. The topological polar surface area (TPSA) is 107 Å². The highest BCUT2D eigenvalue weighted by molar-refractivity contribution is 7.13. The minimum Gasteiger partial charge on any atom is -0.492 e. The number of nitriles is 1. The molecule has 27 heavy (non-hydrogen) atoms. The van der Waals surface area contributed by atoms with Crippen LogP contribution in [0.3, 0.4) is 0 Å². The number of hydrogen-bond donors (Lipinski definition) is 3. The van der Waals surface area contributed by atoms with E-state index in [0.717, 1.165) is 21.8 Å². The highest BCUT2D eigenvalue weighted by Crippen LogP contribution is 2.43. The van der Waals surface area contributed by atoms with Gasteiger partial charge < -0.3 is 10.1 Å². The molecular formula is C19H20N4O3S. The molecular weight excluding hydrogens is 364 g/mol. The van der Waals surface area contributed by atoms with Gasteiger partial charge in [0.2, 0.25) is 0 Å². The zero-order valence-corrected chi connectivity index (χ0v) is 15.9. The fraction of sp³-hybridized carbons (Fsp3) is 0.316. The number of hydroxylamine groups is 1. The third kappa shape index (κ3) is 3.65. The summed E-state index contributed by atoms with van der Waals surface area (Å²) in [7, 11) is 0. The summed E-state index contributed by atoms with van der Waals surface area (Å²) in [5.74, 6) is 0.348. The number of amides is 1. The number of nitrogens with one attached hydrogen (secondary N) is 2. The summed E-state index contributed by atoms with van der Waals surface area (Å²) in [4.78, 5) is 16.1. The van der Waals surface area contributed by atoms with Crippen molar-refractivity contribution in [3.8, 4) is 22.4 Å². The molecule has 0 saturated carbocycles. The molecule has 1 aliphatic heterocycles. The predicted molar refractivity (Wildman–Crippen MR) is 103 cm³/mol. The Balaban J connectivity index is 2.02. The average Bonchev–Trinajstić information content (AvgIpc) is 3.34. The van der Waals surface area contributed by atoms with Gasteiger partial charge in [-0.15, -0.1) is 11.3 Å². The third-order valence-corrected chi connectivity index (χ3v) is 5.24. The summed E-state index contributed by atoms with van der Waals surface area (Å²) in [6.07, 6.45) is 0.640. The van der Waals surface area contributed by atoms with Gasteiger partial charge in [0.25, 0.3) is 5.91 Å². The molecule has 140 valence electrons. The SMILES string of the molecule is C=C(CNc1cc(-c2nc(C(C)C)cs2)c2c(c1C#N)CCO2)C(=O)NO. The van der Waals surface area contributed by atoms with E-state index < -0.39 is 5.91 Å². The Hall–Kier alpha value is -2.89. The van der Waals surface area contributed by atoms with Crippen molar-refractivity contribution in [2.45, 2.75) is 26.2 Å². The number of carbonyl (C=O) groups excluding carboxylic acids is 1. The number of nitrogens with zero attached hydrogens (tertiary/aromatic N) is 2. The number of ether oxygens (including phenoxy) is 1. The summed E-state index contributed by atoms with van der Waals surface area (Å²) < 4.78 is 5.81. The first-order chi connectivity index (χ1) is 13.0. The van der Waals surface area contributed by atoms with Crippen LogP contribution < -0.4 is 15.5 Å². The Morgan fingerprint density at radius 1 is 1.56 bits per heavy atom. The van der Waals surface area contributed by atoms with Crippen LogP contribution >= 0.6 is 11.3 Å². The second-order valence-electron chi connectivity index (χ2n) is 6.49. The summed E-state index contributed by atoms with van der Waals surface area (Å²) in [5.41, 5.74) is 5.46. The molecule has 0 radical (unpaired) electrons. The lowest BCUT2D eigenvalue weighted by Gasteiger charge is -2.14. The van der Waals surface area contributed by atoms with Crippen LogP contribution in [-0.2, 0) is 11.2 Å². The van der Waals surface area contributed by atoms with Crippen molar-refractivity contribution in [3.63, 3.8) is 0 Å². The van der Waals surface area contributed by atoms with Crippen molar-refractivity contribution in [2.24, 2.45) is 0 Å². The molecule has 0 atom stereocenters. The van der Waals surface area contributed by atoms with Crippen LogP contribution in [0.25, 0.3) is 10.6 Å². The second kappa shape index (κ2) is 7.78. The van der Waals surface area contributed by atoms with Crippen LogP contribution in [0.4, 0.5) is 5.69 Å². The Labute approximate surface area is 161 Å². The predicted octanol–water partition coefficient (Wildman–Crippen LogP) is 3.21. The maximum atomic E-state index is 11.4. The van der Waals surface area contributed by atoms with Gasteiger partial charge in [-0.3, -0.25) is 10.0 Å². The molecule has 8 heteroatoms. The quantitative estimate of drug-likeness (QED) is 0.401. The fourth-order valence-electron chi connectivity index (χ4n) is 2.84. The molecule has 1 aromatic carbocycles. The molecule has 0 spiro atoms. The number of anilines is 1. The first-order valence-electron chi connectivity index (χ1n) is 8.50. The zero-order valence-electron chi connectivity index (χ0n) is 15.1. The Morgan fingerprint density at radius 2 is 2.33 bits per heavy atom. The molecule has 7 nitrogen and oxygen atoms in total. The van der Waals surface area contributed by atoms with Crippen LogP contribution in [0.1, 0.15) is 36.6 Å². The third-order valence-electron chi connectivity index (χ3n) is 4.35. The smallest absolute Gasteiger partial charge is 0.271 e.